The summed E-state index contributed by atoms with van der Waals surface area (Å²) in [6, 6.07) is 3.55. The minimum Gasteiger partial charge on any atom is -0.478 e. The summed E-state index contributed by atoms with van der Waals surface area (Å²) in [5, 5.41) is 12.0. The summed E-state index contributed by atoms with van der Waals surface area (Å²) in [5.41, 5.74) is 2.44. The van der Waals surface area contributed by atoms with Gasteiger partial charge < -0.3 is 10.4 Å². The van der Waals surface area contributed by atoms with Gasteiger partial charge in [-0.05, 0) is 40.0 Å². The Hall–Kier alpha value is -1.03. The monoisotopic (exact) mass is 241 g/mol. The molecule has 4 heteroatoms. The molecule has 0 bridgehead atoms. The molecule has 0 aromatic heterocycles. The van der Waals surface area contributed by atoms with Crippen LogP contribution in [0.5, 0.6) is 0 Å². The molecule has 1 aliphatic heterocycles. The molecule has 0 unspecified atom stereocenters. The van der Waals surface area contributed by atoms with Crippen molar-refractivity contribution in [1.82, 2.24) is 0 Å². The highest BCUT2D eigenvalue weighted by Gasteiger charge is 2.16. The zero-order valence-electron chi connectivity index (χ0n) is 6.80. The average Bonchev–Trinajstić information content (AvgIpc) is 2.48. The molecule has 1 aliphatic rings. The van der Waals surface area contributed by atoms with Gasteiger partial charge in [-0.1, -0.05) is 0 Å². The number of halogens is 1. The Kier molecular flexibility index (Phi) is 2.00. The molecule has 68 valence electrons. The lowest BCUT2D eigenvalue weighted by atomic mass is 10.1. The Morgan fingerprint density at radius 1 is 1.54 bits per heavy atom. The van der Waals surface area contributed by atoms with Crippen LogP contribution in [-0.2, 0) is 6.42 Å². The molecule has 1 heterocycles. The molecule has 0 aliphatic carbocycles. The lowest BCUT2D eigenvalue weighted by Gasteiger charge is -2.03. The first-order valence-electron chi connectivity index (χ1n) is 3.98. The summed E-state index contributed by atoms with van der Waals surface area (Å²) < 4.78 is 0.655. The van der Waals surface area contributed by atoms with E-state index in [2.05, 4.69) is 21.2 Å². The number of hydrogen-bond acceptors (Lipinski definition) is 2. The number of carbonyl (C=O) groups is 1. The van der Waals surface area contributed by atoms with E-state index in [-0.39, 0.29) is 0 Å². The van der Waals surface area contributed by atoms with E-state index in [9.17, 15) is 4.79 Å². The maximum absolute atomic E-state index is 10.8. The van der Waals surface area contributed by atoms with Crippen molar-refractivity contribution in [3.8, 4) is 0 Å². The summed E-state index contributed by atoms with van der Waals surface area (Å²) in [5.74, 6) is -0.900. The molecule has 0 saturated heterocycles. The Morgan fingerprint density at radius 2 is 2.31 bits per heavy atom. The van der Waals surface area contributed by atoms with Crippen LogP contribution >= 0.6 is 15.9 Å². The highest BCUT2D eigenvalue weighted by molar-refractivity contribution is 9.10. The van der Waals surface area contributed by atoms with Crippen molar-refractivity contribution < 1.29 is 9.90 Å². The summed E-state index contributed by atoms with van der Waals surface area (Å²) in [6.45, 7) is 0.894. The third-order valence-corrected chi connectivity index (χ3v) is 2.79. The maximum Gasteiger partial charge on any atom is 0.336 e. The van der Waals surface area contributed by atoms with E-state index in [1.165, 1.54) is 5.56 Å². The zero-order valence-corrected chi connectivity index (χ0v) is 8.39. The second-order valence-electron chi connectivity index (χ2n) is 2.97. The maximum atomic E-state index is 10.8. The van der Waals surface area contributed by atoms with Crippen molar-refractivity contribution in [1.29, 1.82) is 0 Å². The summed E-state index contributed by atoms with van der Waals surface area (Å²) >= 11 is 3.24. The van der Waals surface area contributed by atoms with Crippen molar-refractivity contribution in [3.63, 3.8) is 0 Å². The van der Waals surface area contributed by atoms with Crippen LogP contribution in [0.2, 0.25) is 0 Å². The molecule has 3 nitrogen and oxygen atoms in total. The molecule has 0 saturated carbocycles. The van der Waals surface area contributed by atoms with Gasteiger partial charge in [0.15, 0.2) is 0 Å². The van der Waals surface area contributed by atoms with Gasteiger partial charge in [-0.25, -0.2) is 4.79 Å². The van der Waals surface area contributed by atoms with Crippen molar-refractivity contribution in [3.05, 3.63) is 27.7 Å². The van der Waals surface area contributed by atoms with Gasteiger partial charge in [-0.2, -0.15) is 0 Å². The summed E-state index contributed by atoms with van der Waals surface area (Å²) in [4.78, 5) is 10.8. The van der Waals surface area contributed by atoms with E-state index in [0.717, 1.165) is 18.7 Å². The largest absolute Gasteiger partial charge is 0.478 e. The standard InChI is InChI=1S/C9H8BrNO2/c10-7-3-5-1-2-11-8(5)4-6(7)9(12)13/h3-4,11H,1-2H2,(H,12,13). The molecule has 0 radical (unpaired) electrons. The van der Waals surface area contributed by atoms with Crippen LogP contribution in [0.15, 0.2) is 16.6 Å². The minimum atomic E-state index is -0.900. The number of carboxylic acids is 1. The van der Waals surface area contributed by atoms with Gasteiger partial charge >= 0.3 is 5.97 Å². The molecule has 0 amide bonds. The van der Waals surface area contributed by atoms with Crippen molar-refractivity contribution >= 4 is 27.6 Å². The topological polar surface area (TPSA) is 49.3 Å². The van der Waals surface area contributed by atoms with Gasteiger partial charge in [0.1, 0.15) is 0 Å². The van der Waals surface area contributed by atoms with Gasteiger partial charge in [0.2, 0.25) is 0 Å². The molecule has 1 aromatic carbocycles. The Labute approximate surface area is 83.9 Å². The smallest absolute Gasteiger partial charge is 0.336 e. The fraction of sp³-hybridized carbons (Fsp3) is 0.222. The van der Waals surface area contributed by atoms with E-state index in [4.69, 9.17) is 5.11 Å². The minimum absolute atomic E-state index is 0.313. The van der Waals surface area contributed by atoms with Gasteiger partial charge in [0.25, 0.3) is 0 Å². The normalized spacial score (nSPS) is 13.6. The number of benzene rings is 1. The second-order valence-corrected chi connectivity index (χ2v) is 3.83. The van der Waals surface area contributed by atoms with Crippen molar-refractivity contribution in [2.75, 3.05) is 11.9 Å². The molecule has 1 aromatic rings. The van der Waals surface area contributed by atoms with Gasteiger partial charge in [0, 0.05) is 16.7 Å². The summed E-state index contributed by atoms with van der Waals surface area (Å²) in [6.07, 6.45) is 0.966. The highest BCUT2D eigenvalue weighted by Crippen LogP contribution is 2.29. The van der Waals surface area contributed by atoms with Gasteiger partial charge in [-0.15, -0.1) is 0 Å². The van der Waals surface area contributed by atoms with Crippen LogP contribution in [0.1, 0.15) is 15.9 Å². The third-order valence-electron chi connectivity index (χ3n) is 2.13. The van der Waals surface area contributed by atoms with E-state index < -0.39 is 5.97 Å². The Bertz CT molecular complexity index is 376. The molecular formula is C9H8BrNO2. The van der Waals surface area contributed by atoms with E-state index in [1.807, 2.05) is 6.07 Å². The van der Waals surface area contributed by atoms with E-state index in [1.54, 1.807) is 6.07 Å². The number of nitrogens with one attached hydrogen (secondary N) is 1. The number of aromatic carboxylic acids is 1. The molecule has 13 heavy (non-hydrogen) atoms. The fourth-order valence-electron chi connectivity index (χ4n) is 1.48. The molecule has 0 atom stereocenters. The first kappa shape index (κ1) is 8.56. The van der Waals surface area contributed by atoms with E-state index in [0.29, 0.717) is 10.0 Å². The number of fused-ring (bicyclic) bond motifs is 1. The molecule has 2 N–H and O–H groups in total. The lowest BCUT2D eigenvalue weighted by molar-refractivity contribution is 0.0696. The SMILES string of the molecule is O=C(O)c1cc2c(cc1Br)CCN2. The second kappa shape index (κ2) is 3.03. The first-order chi connectivity index (χ1) is 6.18. The lowest BCUT2D eigenvalue weighted by Crippen LogP contribution is -1.99. The van der Waals surface area contributed by atoms with Crippen LogP contribution < -0.4 is 5.32 Å². The number of carboxylic acid groups (broad SMARTS) is 1. The third kappa shape index (κ3) is 1.42. The molecule has 0 spiro atoms. The van der Waals surface area contributed by atoms with Crippen molar-refractivity contribution in [2.24, 2.45) is 0 Å². The molecule has 2 rings (SSSR count). The predicted octanol–water partition coefficient (Wildman–Crippen LogP) is 2.12. The van der Waals surface area contributed by atoms with Crippen LogP contribution in [0.4, 0.5) is 5.69 Å². The van der Waals surface area contributed by atoms with Crippen LogP contribution in [0.25, 0.3) is 0 Å². The number of hydrogen-bond donors (Lipinski definition) is 2. The van der Waals surface area contributed by atoms with Crippen LogP contribution in [-0.4, -0.2) is 17.6 Å². The Morgan fingerprint density at radius 3 is 3.00 bits per heavy atom. The quantitative estimate of drug-likeness (QED) is 0.792. The highest BCUT2D eigenvalue weighted by atomic mass is 79.9. The number of rotatable bonds is 1. The molecular weight excluding hydrogens is 234 g/mol. The molecule has 0 fully saturated rings. The average molecular weight is 242 g/mol. The number of anilines is 1. The Balaban J connectivity index is 2.55. The van der Waals surface area contributed by atoms with Crippen LogP contribution in [0.3, 0.4) is 0 Å². The van der Waals surface area contributed by atoms with E-state index >= 15 is 0 Å². The van der Waals surface area contributed by atoms with Gasteiger partial charge in [-0.3, -0.25) is 0 Å². The predicted molar refractivity (Wildman–Crippen MR) is 53.3 cm³/mol. The zero-order chi connectivity index (χ0) is 9.42. The fourth-order valence-corrected chi connectivity index (χ4v) is 2.04. The van der Waals surface area contributed by atoms with Crippen LogP contribution in [0, 0.1) is 0 Å². The van der Waals surface area contributed by atoms with Gasteiger partial charge in [0.05, 0.1) is 5.56 Å². The summed E-state index contributed by atoms with van der Waals surface area (Å²) in [7, 11) is 0. The van der Waals surface area contributed by atoms with Crippen molar-refractivity contribution in [2.45, 2.75) is 6.42 Å². The first-order valence-corrected chi connectivity index (χ1v) is 4.77.